The van der Waals surface area contributed by atoms with Gasteiger partial charge in [-0.05, 0) is 17.9 Å². The number of aliphatic hydroxyl groups is 1. The number of hydrogen-bond donors (Lipinski definition) is 1. The summed E-state index contributed by atoms with van der Waals surface area (Å²) >= 11 is 1.66. The summed E-state index contributed by atoms with van der Waals surface area (Å²) in [5.74, 6) is 0.104. The van der Waals surface area contributed by atoms with Gasteiger partial charge in [0.05, 0.1) is 12.5 Å². The molecule has 0 unspecified atom stereocenters. The van der Waals surface area contributed by atoms with Gasteiger partial charge >= 0.3 is 0 Å². The number of rotatable bonds is 3. The van der Waals surface area contributed by atoms with Crippen LogP contribution in [-0.4, -0.2) is 41.4 Å². The van der Waals surface area contributed by atoms with Crippen molar-refractivity contribution in [1.29, 1.82) is 0 Å². The van der Waals surface area contributed by atoms with Gasteiger partial charge in [-0.1, -0.05) is 18.2 Å². The molecule has 0 saturated carbocycles. The van der Waals surface area contributed by atoms with Crippen molar-refractivity contribution in [3.05, 3.63) is 29.8 Å². The van der Waals surface area contributed by atoms with E-state index in [0.717, 1.165) is 10.5 Å². The number of aliphatic hydroxyl groups excluding tert-OH is 1. The Balaban J connectivity index is 2.00. The summed E-state index contributed by atoms with van der Waals surface area (Å²) in [4.78, 5) is 14.7. The largest absolute Gasteiger partial charge is 0.389 e. The predicted octanol–water partition coefficient (Wildman–Crippen LogP) is 1.15. The molecule has 1 aliphatic heterocycles. The summed E-state index contributed by atoms with van der Waals surface area (Å²) < 4.78 is 0. The van der Waals surface area contributed by atoms with E-state index in [-0.39, 0.29) is 12.0 Å². The van der Waals surface area contributed by atoms with Crippen LogP contribution in [0.5, 0.6) is 0 Å². The Kier molecular flexibility index (Phi) is 3.51. The fourth-order valence-electron chi connectivity index (χ4n) is 1.78. The molecular weight excluding hydrogens is 222 g/mol. The first kappa shape index (κ1) is 11.5. The Morgan fingerprint density at radius 1 is 1.50 bits per heavy atom. The zero-order valence-electron chi connectivity index (χ0n) is 9.22. The summed E-state index contributed by atoms with van der Waals surface area (Å²) in [6.45, 7) is 0.973. The number of nitrogens with zero attached hydrogens (tertiary/aromatic N) is 1. The molecule has 0 spiro atoms. The summed E-state index contributed by atoms with van der Waals surface area (Å²) in [7, 11) is 0. The average molecular weight is 237 g/mol. The molecule has 4 heteroatoms. The van der Waals surface area contributed by atoms with Crippen LogP contribution in [0.25, 0.3) is 0 Å². The second-order valence-corrected chi connectivity index (χ2v) is 4.79. The number of thioether (sulfide) groups is 1. The third kappa shape index (κ3) is 2.39. The molecule has 1 N–H and O–H groups in total. The van der Waals surface area contributed by atoms with Crippen LogP contribution in [0.3, 0.4) is 0 Å². The highest BCUT2D eigenvalue weighted by Crippen LogP contribution is 2.21. The summed E-state index contributed by atoms with van der Waals surface area (Å²) in [5, 5.41) is 9.14. The van der Waals surface area contributed by atoms with E-state index in [4.69, 9.17) is 5.11 Å². The highest BCUT2D eigenvalue weighted by molar-refractivity contribution is 7.98. The normalized spacial score (nSPS) is 16.0. The van der Waals surface area contributed by atoms with Crippen molar-refractivity contribution < 1.29 is 9.90 Å². The van der Waals surface area contributed by atoms with Crippen molar-refractivity contribution in [2.75, 3.05) is 19.3 Å². The smallest absolute Gasteiger partial charge is 0.227 e. The average Bonchev–Trinajstić information content (AvgIpc) is 2.25. The Morgan fingerprint density at radius 2 is 2.19 bits per heavy atom. The first-order chi connectivity index (χ1) is 7.70. The number of amides is 1. The summed E-state index contributed by atoms with van der Waals surface area (Å²) in [5.41, 5.74) is 1.07. The van der Waals surface area contributed by atoms with Crippen LogP contribution in [0.4, 0.5) is 0 Å². The third-order valence-electron chi connectivity index (χ3n) is 2.75. The Morgan fingerprint density at radius 3 is 2.81 bits per heavy atom. The molecule has 0 bridgehead atoms. The van der Waals surface area contributed by atoms with Crippen molar-refractivity contribution in [3.8, 4) is 0 Å². The zero-order valence-corrected chi connectivity index (χ0v) is 10.0. The minimum absolute atomic E-state index is 0.104. The molecule has 0 aliphatic carbocycles. The Labute approximate surface area is 99.5 Å². The molecule has 86 valence electrons. The highest BCUT2D eigenvalue weighted by atomic mass is 32.2. The molecule has 0 radical (unpaired) electrons. The monoisotopic (exact) mass is 237 g/mol. The van der Waals surface area contributed by atoms with E-state index < -0.39 is 0 Å². The van der Waals surface area contributed by atoms with Crippen LogP contribution in [0, 0.1) is 0 Å². The van der Waals surface area contributed by atoms with Gasteiger partial charge in [-0.25, -0.2) is 0 Å². The van der Waals surface area contributed by atoms with E-state index in [0.29, 0.717) is 19.5 Å². The Bertz CT molecular complexity index is 388. The molecule has 1 heterocycles. The van der Waals surface area contributed by atoms with Gasteiger partial charge in [-0.2, -0.15) is 0 Å². The Hall–Kier alpha value is -1.00. The summed E-state index contributed by atoms with van der Waals surface area (Å²) in [6.07, 6.45) is 2.13. The van der Waals surface area contributed by atoms with E-state index in [1.54, 1.807) is 16.7 Å². The summed E-state index contributed by atoms with van der Waals surface area (Å²) in [6, 6.07) is 7.94. The minimum atomic E-state index is -0.320. The van der Waals surface area contributed by atoms with Crippen LogP contribution in [0.1, 0.15) is 5.56 Å². The van der Waals surface area contributed by atoms with E-state index in [1.807, 2.05) is 30.5 Å². The van der Waals surface area contributed by atoms with Gasteiger partial charge in [-0.15, -0.1) is 11.8 Å². The third-order valence-corrected chi connectivity index (χ3v) is 3.59. The van der Waals surface area contributed by atoms with Crippen molar-refractivity contribution in [2.45, 2.75) is 17.4 Å². The van der Waals surface area contributed by atoms with Crippen LogP contribution in [0.15, 0.2) is 29.2 Å². The van der Waals surface area contributed by atoms with Crippen LogP contribution >= 0.6 is 11.8 Å². The maximum absolute atomic E-state index is 11.8. The maximum Gasteiger partial charge on any atom is 0.227 e. The van der Waals surface area contributed by atoms with Crippen molar-refractivity contribution in [3.63, 3.8) is 0 Å². The fourth-order valence-corrected chi connectivity index (χ4v) is 2.40. The second kappa shape index (κ2) is 4.89. The highest BCUT2D eigenvalue weighted by Gasteiger charge is 2.28. The van der Waals surface area contributed by atoms with Gasteiger partial charge in [0.1, 0.15) is 0 Å². The molecule has 1 aromatic carbocycles. The van der Waals surface area contributed by atoms with Gasteiger partial charge < -0.3 is 10.0 Å². The van der Waals surface area contributed by atoms with Gasteiger partial charge in [0.15, 0.2) is 0 Å². The lowest BCUT2D eigenvalue weighted by Gasteiger charge is -2.36. The van der Waals surface area contributed by atoms with E-state index in [1.165, 1.54) is 0 Å². The van der Waals surface area contributed by atoms with Gasteiger partial charge in [0, 0.05) is 18.0 Å². The number of benzene rings is 1. The molecule has 1 fully saturated rings. The van der Waals surface area contributed by atoms with Gasteiger partial charge in [-0.3, -0.25) is 4.79 Å². The van der Waals surface area contributed by atoms with Crippen LogP contribution in [-0.2, 0) is 11.2 Å². The number of β-amino-alcohol motifs (C(OH)–C–C–N with tert-alkyl or cyclic N) is 1. The van der Waals surface area contributed by atoms with Crippen LogP contribution in [0.2, 0.25) is 0 Å². The fraction of sp³-hybridized carbons (Fsp3) is 0.417. The molecule has 1 saturated heterocycles. The maximum atomic E-state index is 11.8. The topological polar surface area (TPSA) is 40.5 Å². The minimum Gasteiger partial charge on any atom is -0.389 e. The first-order valence-corrected chi connectivity index (χ1v) is 6.51. The molecule has 1 aliphatic rings. The van der Waals surface area contributed by atoms with E-state index in [2.05, 4.69) is 0 Å². The lowest BCUT2D eigenvalue weighted by molar-refractivity contribution is -0.140. The van der Waals surface area contributed by atoms with Crippen LogP contribution < -0.4 is 0 Å². The number of likely N-dealkylation sites (tertiary alicyclic amines) is 1. The number of carbonyl (C=O) groups is 1. The second-order valence-electron chi connectivity index (χ2n) is 3.94. The molecule has 1 aromatic rings. The van der Waals surface area contributed by atoms with E-state index >= 15 is 0 Å². The van der Waals surface area contributed by atoms with Gasteiger partial charge in [0.25, 0.3) is 0 Å². The molecule has 3 nitrogen and oxygen atoms in total. The lowest BCUT2D eigenvalue weighted by Crippen LogP contribution is -2.53. The van der Waals surface area contributed by atoms with Gasteiger partial charge in [0.2, 0.25) is 5.91 Å². The molecule has 1 amide bonds. The standard InChI is InChI=1S/C12H15NO2S/c1-16-11-5-3-2-4-9(11)6-12(15)13-7-10(14)8-13/h2-5,10,14H,6-8H2,1H3. The zero-order chi connectivity index (χ0) is 11.5. The quantitative estimate of drug-likeness (QED) is 0.802. The van der Waals surface area contributed by atoms with E-state index in [9.17, 15) is 4.79 Å². The molecule has 2 rings (SSSR count). The predicted molar refractivity (Wildman–Crippen MR) is 64.5 cm³/mol. The number of hydrogen-bond acceptors (Lipinski definition) is 3. The first-order valence-electron chi connectivity index (χ1n) is 5.28. The van der Waals surface area contributed by atoms with Crippen molar-refractivity contribution in [2.24, 2.45) is 0 Å². The molecule has 0 aromatic heterocycles. The SMILES string of the molecule is CSc1ccccc1CC(=O)N1CC(O)C1. The number of carbonyl (C=O) groups excluding carboxylic acids is 1. The van der Waals surface area contributed by atoms with Crippen molar-refractivity contribution >= 4 is 17.7 Å². The van der Waals surface area contributed by atoms with Crippen molar-refractivity contribution in [1.82, 2.24) is 4.90 Å². The molecule has 0 atom stereocenters. The molecular formula is C12H15NO2S. The molecule has 16 heavy (non-hydrogen) atoms. The lowest BCUT2D eigenvalue weighted by atomic mass is 10.1.